The zero-order valence-electron chi connectivity index (χ0n) is 14.9. The summed E-state index contributed by atoms with van der Waals surface area (Å²) < 4.78 is 1.28. The van der Waals surface area contributed by atoms with Crippen LogP contribution in [0.2, 0.25) is 0 Å². The van der Waals surface area contributed by atoms with E-state index in [1.165, 1.54) is 11.5 Å². The molecule has 1 aromatic carbocycles. The van der Waals surface area contributed by atoms with Crippen molar-refractivity contribution in [2.45, 2.75) is 30.2 Å². The van der Waals surface area contributed by atoms with Gasteiger partial charge >= 0.3 is 0 Å². The highest BCUT2D eigenvalue weighted by Crippen LogP contribution is 2.54. The van der Waals surface area contributed by atoms with Gasteiger partial charge in [-0.05, 0) is 23.6 Å². The van der Waals surface area contributed by atoms with Gasteiger partial charge in [-0.25, -0.2) is 0 Å². The first-order valence-electron chi connectivity index (χ1n) is 8.62. The maximum atomic E-state index is 4.53. The van der Waals surface area contributed by atoms with Gasteiger partial charge in [-0.1, -0.05) is 24.3 Å². The van der Waals surface area contributed by atoms with Crippen LogP contribution in [-0.2, 0) is 0 Å². The van der Waals surface area contributed by atoms with Crippen LogP contribution >= 0.6 is 95.8 Å². The molecule has 6 atom stereocenters. The standard InChI is InChI=1S/C18H26S8/c1-21-15(17-23-9-11(7-19)25-17)13-5-3-4-6-14(13)16(22-2)18-24-10-12(8-20)26-18/h3-6,11-12,15-20H,7-10H2,1-2H3. The van der Waals surface area contributed by atoms with Gasteiger partial charge in [-0.2, -0.15) is 48.8 Å². The molecule has 2 aliphatic heterocycles. The first-order chi connectivity index (χ1) is 12.7. The van der Waals surface area contributed by atoms with E-state index in [0.29, 0.717) is 30.2 Å². The number of hydrogen-bond donors (Lipinski definition) is 2. The fraction of sp³-hybridized carbons (Fsp3) is 0.667. The summed E-state index contributed by atoms with van der Waals surface area (Å²) in [5.41, 5.74) is 3.11. The smallest absolute Gasteiger partial charge is 0.0665 e. The second-order valence-electron chi connectivity index (χ2n) is 6.23. The van der Waals surface area contributed by atoms with Crippen LogP contribution in [0.3, 0.4) is 0 Å². The third-order valence-electron chi connectivity index (χ3n) is 4.56. The molecule has 2 aliphatic rings. The number of rotatable bonds is 8. The lowest BCUT2D eigenvalue weighted by Gasteiger charge is -2.29. The van der Waals surface area contributed by atoms with Gasteiger partial charge in [0.25, 0.3) is 0 Å². The summed E-state index contributed by atoms with van der Waals surface area (Å²) in [5, 5.41) is 2.50. The molecule has 0 amide bonds. The fourth-order valence-electron chi connectivity index (χ4n) is 3.25. The van der Waals surface area contributed by atoms with Gasteiger partial charge in [0.2, 0.25) is 0 Å². The number of thioether (sulfide) groups is 6. The summed E-state index contributed by atoms with van der Waals surface area (Å²) in [4.78, 5) is 0. The molecule has 2 heterocycles. The van der Waals surface area contributed by atoms with Crippen molar-refractivity contribution in [3.63, 3.8) is 0 Å². The van der Waals surface area contributed by atoms with Crippen LogP contribution in [-0.4, -0.2) is 55.2 Å². The van der Waals surface area contributed by atoms with Crippen LogP contribution in [0.15, 0.2) is 24.3 Å². The SMILES string of the molecule is CSC(c1ccccc1C(SC)C1SCC(CS)S1)C1SCC(CS)S1. The molecule has 0 aliphatic carbocycles. The minimum absolute atomic E-state index is 0.554. The lowest BCUT2D eigenvalue weighted by molar-refractivity contribution is 0.983. The number of hydrogen-bond acceptors (Lipinski definition) is 8. The predicted molar refractivity (Wildman–Crippen MR) is 142 cm³/mol. The largest absolute Gasteiger partial charge is 0.178 e. The first-order valence-corrected chi connectivity index (χ1v) is 16.4. The van der Waals surface area contributed by atoms with E-state index < -0.39 is 0 Å². The molecule has 0 N–H and O–H groups in total. The van der Waals surface area contributed by atoms with Crippen LogP contribution in [0.5, 0.6) is 0 Å². The molecule has 3 rings (SSSR count). The topological polar surface area (TPSA) is 0 Å². The Morgan fingerprint density at radius 2 is 1.31 bits per heavy atom. The average Bonchev–Trinajstić information content (AvgIpc) is 3.34. The maximum Gasteiger partial charge on any atom is 0.0665 e. The molecular formula is C18H26S8. The minimum atomic E-state index is 0.554. The van der Waals surface area contributed by atoms with E-state index in [1.807, 2.05) is 23.5 Å². The van der Waals surface area contributed by atoms with E-state index in [2.05, 4.69) is 109 Å². The van der Waals surface area contributed by atoms with Crippen molar-refractivity contribution in [3.8, 4) is 0 Å². The van der Waals surface area contributed by atoms with Gasteiger partial charge in [-0.3, -0.25) is 0 Å². The van der Waals surface area contributed by atoms with Crippen molar-refractivity contribution >= 4 is 95.8 Å². The Morgan fingerprint density at radius 3 is 1.62 bits per heavy atom. The highest BCUT2D eigenvalue weighted by Gasteiger charge is 2.37. The molecule has 6 unspecified atom stereocenters. The summed E-state index contributed by atoms with van der Waals surface area (Å²) >= 11 is 21.6. The van der Waals surface area contributed by atoms with E-state index in [4.69, 9.17) is 0 Å². The van der Waals surface area contributed by atoms with Crippen molar-refractivity contribution in [1.29, 1.82) is 0 Å². The van der Waals surface area contributed by atoms with Gasteiger partial charge in [0, 0.05) is 33.5 Å². The van der Waals surface area contributed by atoms with Crippen molar-refractivity contribution in [2.75, 3.05) is 35.5 Å². The normalized spacial score (nSPS) is 31.2. The predicted octanol–water partition coefficient (Wildman–Crippen LogP) is 6.70. The minimum Gasteiger partial charge on any atom is -0.178 e. The Balaban J connectivity index is 1.84. The molecule has 0 aromatic heterocycles. The zero-order chi connectivity index (χ0) is 18.5. The Kier molecular flexibility index (Phi) is 9.97. The van der Waals surface area contributed by atoms with Gasteiger partial charge in [0.15, 0.2) is 0 Å². The molecule has 0 bridgehead atoms. The third kappa shape index (κ3) is 5.38. The summed E-state index contributed by atoms with van der Waals surface area (Å²) in [6.45, 7) is 0. The Labute approximate surface area is 195 Å². The van der Waals surface area contributed by atoms with E-state index >= 15 is 0 Å². The maximum absolute atomic E-state index is 4.53. The van der Waals surface area contributed by atoms with Gasteiger partial charge in [-0.15, -0.1) is 47.0 Å². The van der Waals surface area contributed by atoms with Crippen LogP contribution < -0.4 is 0 Å². The van der Waals surface area contributed by atoms with E-state index in [-0.39, 0.29) is 0 Å². The molecule has 146 valence electrons. The second-order valence-corrected chi connectivity index (χ2v) is 14.8. The van der Waals surface area contributed by atoms with Gasteiger partial charge in [0.05, 0.1) is 19.7 Å². The van der Waals surface area contributed by atoms with Crippen LogP contribution in [0.25, 0.3) is 0 Å². The van der Waals surface area contributed by atoms with E-state index in [9.17, 15) is 0 Å². The highest BCUT2D eigenvalue weighted by atomic mass is 32.2. The Bertz CT molecular complexity index is 519. The molecule has 0 spiro atoms. The quantitative estimate of drug-likeness (QED) is 0.380. The molecule has 2 saturated heterocycles. The van der Waals surface area contributed by atoms with Crippen molar-refractivity contribution in [2.24, 2.45) is 0 Å². The second kappa shape index (κ2) is 11.4. The lowest BCUT2D eigenvalue weighted by atomic mass is 10.0. The summed E-state index contributed by atoms with van der Waals surface area (Å²) in [6.07, 6.45) is 4.56. The molecule has 1 aromatic rings. The lowest BCUT2D eigenvalue weighted by Crippen LogP contribution is -2.14. The molecule has 8 heteroatoms. The van der Waals surface area contributed by atoms with Crippen LogP contribution in [0.4, 0.5) is 0 Å². The van der Waals surface area contributed by atoms with Crippen molar-refractivity contribution in [1.82, 2.24) is 0 Å². The van der Waals surface area contributed by atoms with Crippen molar-refractivity contribution in [3.05, 3.63) is 35.4 Å². The molecule has 2 fully saturated rings. The Morgan fingerprint density at radius 1 is 0.885 bits per heavy atom. The number of thiol groups is 2. The van der Waals surface area contributed by atoms with Gasteiger partial charge < -0.3 is 0 Å². The summed E-state index contributed by atoms with van der Waals surface area (Å²) in [7, 11) is 0. The molecule has 26 heavy (non-hydrogen) atoms. The van der Waals surface area contributed by atoms with E-state index in [0.717, 1.165) is 11.5 Å². The first kappa shape index (κ1) is 22.7. The Hall–Kier alpha value is 2.02. The van der Waals surface area contributed by atoms with E-state index in [1.54, 1.807) is 11.1 Å². The number of benzene rings is 1. The monoisotopic (exact) mass is 498 g/mol. The summed E-state index contributed by atoms with van der Waals surface area (Å²) in [6, 6.07) is 9.22. The summed E-state index contributed by atoms with van der Waals surface area (Å²) in [5.74, 6) is 4.46. The molecule has 0 saturated carbocycles. The van der Waals surface area contributed by atoms with Crippen molar-refractivity contribution < 1.29 is 0 Å². The molecular weight excluding hydrogens is 473 g/mol. The van der Waals surface area contributed by atoms with Crippen LogP contribution in [0.1, 0.15) is 21.6 Å². The van der Waals surface area contributed by atoms with Gasteiger partial charge in [0.1, 0.15) is 0 Å². The molecule has 0 nitrogen and oxygen atoms in total. The third-order valence-corrected chi connectivity index (χ3v) is 15.5. The molecule has 0 radical (unpaired) electrons. The highest BCUT2D eigenvalue weighted by molar-refractivity contribution is 8.22. The van der Waals surface area contributed by atoms with Crippen LogP contribution in [0, 0.1) is 0 Å². The fourth-order valence-corrected chi connectivity index (χ4v) is 14.3. The average molecular weight is 499 g/mol. The zero-order valence-corrected chi connectivity index (χ0v) is 21.6.